The Morgan fingerprint density at radius 3 is 1.80 bits per heavy atom. The molecule has 5 aliphatic rings. The van der Waals surface area contributed by atoms with E-state index in [-0.39, 0.29) is 56.9 Å². The number of carbonyl (C=O) groups is 8. The summed E-state index contributed by atoms with van der Waals surface area (Å²) in [6.07, 6.45) is -14.7. The lowest BCUT2D eigenvalue weighted by Gasteiger charge is -2.39. The predicted octanol–water partition coefficient (Wildman–Crippen LogP) is 0.183. The minimum atomic E-state index is -2.25. The maximum atomic E-state index is 15.6. The minimum absolute atomic E-state index is 0.0713. The normalized spacial score (nSPS) is 25.3. The second-order valence-corrected chi connectivity index (χ2v) is 22.5. The van der Waals surface area contributed by atoms with E-state index in [9.17, 15) is 69.9 Å². The quantitative estimate of drug-likeness (QED) is 0.0665. The highest BCUT2D eigenvalue weighted by atomic mass is 35.5. The van der Waals surface area contributed by atoms with E-state index < -0.39 is 179 Å². The van der Waals surface area contributed by atoms with Gasteiger partial charge in [0.15, 0.2) is 17.5 Å². The van der Waals surface area contributed by atoms with Gasteiger partial charge in [-0.3, -0.25) is 33.6 Å². The zero-order chi connectivity index (χ0) is 65.6. The molecule has 0 saturated carbocycles. The molecule has 7 bridgehead atoms. The molecular formula is C59H64Cl2N8O21. The van der Waals surface area contributed by atoms with Crippen LogP contribution in [0.1, 0.15) is 84.8 Å². The van der Waals surface area contributed by atoms with Crippen molar-refractivity contribution in [2.75, 3.05) is 13.7 Å². The van der Waals surface area contributed by atoms with Crippen molar-refractivity contribution < 1.29 is 103 Å². The molecule has 5 aromatic carbocycles. The molecule has 14 unspecified atom stereocenters. The molecule has 0 spiro atoms. The first kappa shape index (κ1) is 67.1. The smallest absolute Gasteiger partial charge is 0.330 e. The van der Waals surface area contributed by atoms with E-state index in [4.69, 9.17) is 47.9 Å². The lowest BCUT2D eigenvalue weighted by Crippen LogP contribution is -2.60. The molecule has 10 rings (SSSR count). The zero-order valence-electron chi connectivity index (χ0n) is 47.8. The number of phenolic OH excluding ortho intramolecular Hbond substituents is 2. The molecular weight excluding hydrogens is 1230 g/mol. The SMILES string of the molecule is CNC(CC(C)C)C(=O)NC1C(=O)NC(CC(N)=O)C(=O)NC2C(=O)NC(c3ccc(O)cc3)C(=O)NC(C(=O)NC(C(=O)O)c3cccc(O)c3)C(O)c3ccc(c(Cl)c3)Oc3cc2cc(c3OC2OC(CO)C(O)C(O)C2O)Oc2ccc(cc2Cl)C1O. The number of aromatic hydroxyl groups is 2. The second kappa shape index (κ2) is 28.7. The first-order chi connectivity index (χ1) is 42.7. The summed E-state index contributed by atoms with van der Waals surface area (Å²) < 4.78 is 24.8. The molecule has 18 N–H and O–H groups in total. The van der Waals surface area contributed by atoms with Crippen molar-refractivity contribution in [2.24, 2.45) is 11.7 Å². The number of aliphatic carboxylic acids is 1. The van der Waals surface area contributed by atoms with Gasteiger partial charge in [0.05, 0.1) is 29.1 Å². The molecule has 5 aliphatic heterocycles. The number of benzene rings is 5. The number of fused-ring (bicyclic) bond motifs is 16. The van der Waals surface area contributed by atoms with Gasteiger partial charge in [-0.2, -0.15) is 0 Å². The molecule has 0 aliphatic carbocycles. The third-order valence-corrected chi connectivity index (χ3v) is 15.3. The second-order valence-electron chi connectivity index (χ2n) is 21.7. The number of ether oxygens (including phenoxy) is 4. The van der Waals surface area contributed by atoms with Crippen molar-refractivity contribution in [1.29, 1.82) is 0 Å². The van der Waals surface area contributed by atoms with Crippen molar-refractivity contribution in [3.8, 4) is 40.2 Å². The van der Waals surface area contributed by atoms with Gasteiger partial charge < -0.3 is 108 Å². The number of aliphatic hydroxyl groups excluding tert-OH is 6. The number of primary amides is 1. The number of hydrogen-bond acceptors (Lipinski definition) is 21. The van der Waals surface area contributed by atoms with Crippen molar-refractivity contribution in [3.63, 3.8) is 0 Å². The molecule has 480 valence electrons. The molecule has 31 heteroatoms. The van der Waals surface area contributed by atoms with Crippen LogP contribution in [0.3, 0.4) is 0 Å². The lowest BCUT2D eigenvalue weighted by atomic mass is 9.97. The third-order valence-electron chi connectivity index (χ3n) is 14.8. The molecule has 5 heterocycles. The van der Waals surface area contributed by atoms with E-state index in [1.165, 1.54) is 37.4 Å². The van der Waals surface area contributed by atoms with E-state index in [0.29, 0.717) is 0 Å². The molecule has 14 atom stereocenters. The Hall–Kier alpha value is -8.88. The van der Waals surface area contributed by atoms with Gasteiger partial charge in [-0.25, -0.2) is 4.79 Å². The third kappa shape index (κ3) is 15.4. The maximum absolute atomic E-state index is 15.6. The van der Waals surface area contributed by atoms with Crippen LogP contribution < -0.4 is 57.2 Å². The molecule has 29 nitrogen and oxygen atoms in total. The number of likely N-dealkylation sites (N-methyl/N-ethyl adjacent to an activating group) is 1. The van der Waals surface area contributed by atoms with Crippen LogP contribution in [0.5, 0.6) is 40.2 Å². The number of aliphatic hydroxyl groups is 6. The van der Waals surface area contributed by atoms with Crippen LogP contribution in [0.4, 0.5) is 0 Å². The van der Waals surface area contributed by atoms with Crippen LogP contribution in [-0.2, 0) is 43.1 Å². The molecule has 5 aromatic rings. The molecule has 1 saturated heterocycles. The number of amides is 7. The topological polar surface area (TPSA) is 466 Å². The number of nitrogens with one attached hydrogen (secondary N) is 7. The summed E-state index contributed by atoms with van der Waals surface area (Å²) in [6, 6.07) is 4.75. The van der Waals surface area contributed by atoms with E-state index >= 15 is 14.4 Å². The number of carboxylic acids is 1. The highest BCUT2D eigenvalue weighted by Crippen LogP contribution is 2.48. The van der Waals surface area contributed by atoms with Crippen molar-refractivity contribution in [1.82, 2.24) is 37.2 Å². The fraction of sp³-hybridized carbons (Fsp3) is 0.356. The summed E-state index contributed by atoms with van der Waals surface area (Å²) in [7, 11) is 1.48. The number of halogens is 2. The van der Waals surface area contributed by atoms with Gasteiger partial charge in [0.1, 0.15) is 89.8 Å². The molecule has 0 aromatic heterocycles. The summed E-state index contributed by atoms with van der Waals surface area (Å²) in [6.45, 7) is 2.71. The Bertz CT molecular complexity index is 3550. The number of carboxylic acid groups (broad SMARTS) is 1. The van der Waals surface area contributed by atoms with Gasteiger partial charge in [0.2, 0.25) is 53.4 Å². The Morgan fingerprint density at radius 1 is 0.667 bits per heavy atom. The molecule has 7 amide bonds. The number of nitrogens with two attached hydrogens (primary N) is 1. The highest BCUT2D eigenvalue weighted by molar-refractivity contribution is 6.32. The Morgan fingerprint density at radius 2 is 1.24 bits per heavy atom. The van der Waals surface area contributed by atoms with Crippen LogP contribution in [0.15, 0.2) is 97.1 Å². The van der Waals surface area contributed by atoms with Crippen molar-refractivity contribution in [3.05, 3.63) is 135 Å². The van der Waals surface area contributed by atoms with Crippen molar-refractivity contribution >= 4 is 70.5 Å². The van der Waals surface area contributed by atoms with Crippen molar-refractivity contribution in [2.45, 2.75) is 112 Å². The van der Waals surface area contributed by atoms with Crippen LogP contribution in [0.25, 0.3) is 0 Å². The van der Waals surface area contributed by atoms with Gasteiger partial charge in [-0.15, -0.1) is 0 Å². The van der Waals surface area contributed by atoms with Crippen LogP contribution in [-0.4, -0.2) is 162 Å². The van der Waals surface area contributed by atoms with Crippen LogP contribution >= 0.6 is 23.2 Å². The molecule has 1 fully saturated rings. The Labute approximate surface area is 521 Å². The lowest BCUT2D eigenvalue weighted by molar-refractivity contribution is -0.277. The Balaban J connectivity index is 1.37. The Kier molecular flexibility index (Phi) is 21.4. The van der Waals surface area contributed by atoms with Gasteiger partial charge in [-0.05, 0) is 108 Å². The van der Waals surface area contributed by atoms with Crippen LogP contribution in [0, 0.1) is 5.92 Å². The van der Waals surface area contributed by atoms with Gasteiger partial charge in [0.25, 0.3) is 0 Å². The maximum Gasteiger partial charge on any atom is 0.330 e. The number of hydrogen-bond donors (Lipinski definition) is 17. The first-order valence-corrected chi connectivity index (χ1v) is 28.5. The number of carbonyl (C=O) groups excluding carboxylic acids is 7. The van der Waals surface area contributed by atoms with Crippen LogP contribution in [0.2, 0.25) is 10.0 Å². The first-order valence-electron chi connectivity index (χ1n) is 27.7. The summed E-state index contributed by atoms with van der Waals surface area (Å²) in [4.78, 5) is 114. The molecule has 90 heavy (non-hydrogen) atoms. The van der Waals surface area contributed by atoms with Gasteiger partial charge >= 0.3 is 5.97 Å². The molecule has 0 radical (unpaired) electrons. The summed E-state index contributed by atoms with van der Waals surface area (Å²) in [5.41, 5.74) is 4.52. The van der Waals surface area contributed by atoms with Gasteiger partial charge in [0, 0.05) is 0 Å². The van der Waals surface area contributed by atoms with E-state index in [1.54, 1.807) is 0 Å². The number of rotatable bonds is 15. The van der Waals surface area contributed by atoms with Gasteiger partial charge in [-0.1, -0.05) is 73.4 Å². The van der Waals surface area contributed by atoms with E-state index in [0.717, 1.165) is 66.7 Å². The number of phenols is 2. The predicted molar refractivity (Wildman–Crippen MR) is 312 cm³/mol. The summed E-state index contributed by atoms with van der Waals surface area (Å²) >= 11 is 13.8. The largest absolute Gasteiger partial charge is 0.508 e. The summed E-state index contributed by atoms with van der Waals surface area (Å²) in [5.74, 6) is -13.8. The average Bonchev–Trinajstić information content (AvgIpc) is 0.856. The fourth-order valence-corrected chi connectivity index (χ4v) is 10.5. The zero-order valence-corrected chi connectivity index (χ0v) is 49.3. The average molecular weight is 1290 g/mol. The minimum Gasteiger partial charge on any atom is -0.508 e. The fourth-order valence-electron chi connectivity index (χ4n) is 10.0. The van der Waals surface area contributed by atoms with E-state index in [1.807, 2.05) is 13.8 Å². The monoisotopic (exact) mass is 1290 g/mol. The summed E-state index contributed by atoms with van der Waals surface area (Å²) in [5, 5.41) is 115. The standard InChI is InChI=1S/C59H64Cl2N8O21/c1-23(2)15-33(63-3)52(79)68-44-46(74)26-9-13-35(31(60)17-26)87-37-19-28-20-38(51(37)90-59-50(78)49(77)48(76)39(22-70)89-59)88-36-14-10-27(18-32(36)61)47(75)45(57(84)67-43(58(85)86)25-5-4-6-30(72)16-25)69-54(81)41(24-7-11-29(71)12-8-24)66-55(82)42(28)65-53(80)34(21-40(62)73)64-56(44)83/h4-14,16-20,23,33-34,39,41-50,59,63,70-72,74-78H,15,21-22H2,1-3H3,(H2,62,73)(H,64,83)(H,65,80)(H,66,82)(H,67,84)(H,68,79)(H,69,81)(H,85,86). The highest BCUT2D eigenvalue weighted by Gasteiger charge is 2.46. The van der Waals surface area contributed by atoms with E-state index in [2.05, 4.69) is 37.2 Å².